The van der Waals surface area contributed by atoms with Crippen molar-refractivity contribution >= 4 is 17.6 Å². The molecule has 2 aromatic rings. The molecule has 3 heterocycles. The zero-order valence-electron chi connectivity index (χ0n) is 17.3. The Morgan fingerprint density at radius 3 is 2.59 bits per heavy atom. The summed E-state index contributed by atoms with van der Waals surface area (Å²) in [7, 11) is 3.87. The van der Waals surface area contributed by atoms with Gasteiger partial charge in [-0.25, -0.2) is 9.97 Å². The average molecular weight is 396 g/mol. The number of hydrogen-bond donors (Lipinski definition) is 1. The molecular formula is C21H28N6O2. The molecule has 1 saturated heterocycles. The number of nitrogens with one attached hydrogen (secondary N) is 1. The van der Waals surface area contributed by atoms with Crippen LogP contribution < -0.4 is 10.2 Å². The van der Waals surface area contributed by atoms with E-state index in [1.807, 2.05) is 43.3 Å². The second-order valence-corrected chi connectivity index (χ2v) is 7.47. The molecule has 1 aliphatic rings. The molecule has 0 atom stereocenters. The molecule has 2 amide bonds. The number of amides is 2. The van der Waals surface area contributed by atoms with Crippen molar-refractivity contribution < 1.29 is 9.59 Å². The quantitative estimate of drug-likeness (QED) is 0.796. The highest BCUT2D eigenvalue weighted by Crippen LogP contribution is 2.19. The van der Waals surface area contributed by atoms with Gasteiger partial charge in [-0.3, -0.25) is 14.6 Å². The lowest BCUT2D eigenvalue weighted by Crippen LogP contribution is -2.42. The minimum Gasteiger partial charge on any atom is -0.363 e. The van der Waals surface area contributed by atoms with Crippen LogP contribution in [0.4, 0.5) is 5.82 Å². The summed E-state index contributed by atoms with van der Waals surface area (Å²) in [5.74, 6) is 1.48. The summed E-state index contributed by atoms with van der Waals surface area (Å²) in [6, 6.07) is 7.58. The second kappa shape index (κ2) is 9.45. The number of likely N-dealkylation sites (tertiary alicyclic amines) is 1. The number of nitrogens with zero attached hydrogens (tertiary/aromatic N) is 5. The van der Waals surface area contributed by atoms with E-state index in [1.165, 1.54) is 0 Å². The standard InChI is InChI=1S/C21H28N6O2/c1-15(28)27-12-8-16(9-13-27)21(29)23-11-7-17-14-19(26(2)3)25-20(24-17)18-6-4-5-10-22-18/h4-6,10,14,16H,7-9,11-13H2,1-3H3,(H,23,29). The van der Waals surface area contributed by atoms with Gasteiger partial charge in [-0.2, -0.15) is 0 Å². The third-order valence-electron chi connectivity index (χ3n) is 5.11. The molecule has 1 fully saturated rings. The van der Waals surface area contributed by atoms with Crippen LogP contribution in [-0.2, 0) is 16.0 Å². The third kappa shape index (κ3) is 5.49. The molecule has 3 rings (SSSR count). The van der Waals surface area contributed by atoms with Crippen LogP contribution in [0.1, 0.15) is 25.5 Å². The Bertz CT molecular complexity index is 848. The van der Waals surface area contributed by atoms with Gasteiger partial charge in [0.25, 0.3) is 0 Å². The Morgan fingerprint density at radius 1 is 1.21 bits per heavy atom. The highest BCUT2D eigenvalue weighted by molar-refractivity contribution is 5.79. The van der Waals surface area contributed by atoms with Crippen molar-refractivity contribution in [1.82, 2.24) is 25.2 Å². The summed E-state index contributed by atoms with van der Waals surface area (Å²) >= 11 is 0. The number of piperidine rings is 1. The topological polar surface area (TPSA) is 91.3 Å². The number of hydrogen-bond acceptors (Lipinski definition) is 6. The Hall–Kier alpha value is -3.03. The first-order valence-corrected chi connectivity index (χ1v) is 9.94. The summed E-state index contributed by atoms with van der Waals surface area (Å²) in [5.41, 5.74) is 1.58. The minimum atomic E-state index is -0.0302. The largest absolute Gasteiger partial charge is 0.363 e. The van der Waals surface area contributed by atoms with E-state index in [0.717, 1.165) is 17.2 Å². The van der Waals surface area contributed by atoms with Gasteiger partial charge in [-0.1, -0.05) is 6.07 Å². The smallest absolute Gasteiger partial charge is 0.223 e. The molecule has 1 N–H and O–H groups in total. The van der Waals surface area contributed by atoms with E-state index in [0.29, 0.717) is 44.7 Å². The maximum absolute atomic E-state index is 12.5. The highest BCUT2D eigenvalue weighted by Gasteiger charge is 2.25. The van der Waals surface area contributed by atoms with Crippen LogP contribution in [-0.4, -0.2) is 65.4 Å². The van der Waals surface area contributed by atoms with Gasteiger partial charge in [0, 0.05) is 70.9 Å². The molecule has 2 aromatic heterocycles. The number of anilines is 1. The Kier molecular flexibility index (Phi) is 6.74. The van der Waals surface area contributed by atoms with E-state index >= 15 is 0 Å². The average Bonchev–Trinajstić information content (AvgIpc) is 2.74. The summed E-state index contributed by atoms with van der Waals surface area (Å²) < 4.78 is 0. The zero-order chi connectivity index (χ0) is 20.8. The van der Waals surface area contributed by atoms with Gasteiger partial charge in [0.1, 0.15) is 11.5 Å². The number of carbonyl (C=O) groups is 2. The molecule has 0 radical (unpaired) electrons. The Morgan fingerprint density at radius 2 is 1.97 bits per heavy atom. The van der Waals surface area contributed by atoms with Crippen molar-refractivity contribution in [2.45, 2.75) is 26.2 Å². The maximum Gasteiger partial charge on any atom is 0.223 e. The van der Waals surface area contributed by atoms with E-state index in [2.05, 4.69) is 20.3 Å². The molecule has 0 aromatic carbocycles. The van der Waals surface area contributed by atoms with Crippen molar-refractivity contribution in [2.24, 2.45) is 5.92 Å². The van der Waals surface area contributed by atoms with Crippen LogP contribution in [0.15, 0.2) is 30.5 Å². The van der Waals surface area contributed by atoms with Crippen LogP contribution in [0.25, 0.3) is 11.5 Å². The van der Waals surface area contributed by atoms with Crippen LogP contribution >= 0.6 is 0 Å². The van der Waals surface area contributed by atoms with E-state index in [-0.39, 0.29) is 17.7 Å². The fourth-order valence-electron chi connectivity index (χ4n) is 3.36. The predicted molar refractivity (Wildman–Crippen MR) is 111 cm³/mol. The van der Waals surface area contributed by atoms with Crippen molar-refractivity contribution in [3.05, 3.63) is 36.2 Å². The first kappa shape index (κ1) is 20.7. The lowest BCUT2D eigenvalue weighted by molar-refractivity contribution is -0.133. The lowest BCUT2D eigenvalue weighted by atomic mass is 9.96. The molecule has 29 heavy (non-hydrogen) atoms. The van der Waals surface area contributed by atoms with Gasteiger partial charge < -0.3 is 15.1 Å². The van der Waals surface area contributed by atoms with Gasteiger partial charge >= 0.3 is 0 Å². The molecule has 0 unspecified atom stereocenters. The van der Waals surface area contributed by atoms with Crippen molar-refractivity contribution in [3.63, 3.8) is 0 Å². The predicted octanol–water partition coefficient (Wildman–Crippen LogP) is 1.52. The van der Waals surface area contributed by atoms with Gasteiger partial charge in [-0.05, 0) is 25.0 Å². The SMILES string of the molecule is CC(=O)N1CCC(C(=O)NCCc2cc(N(C)C)nc(-c3ccccn3)n2)CC1. The summed E-state index contributed by atoms with van der Waals surface area (Å²) in [6.07, 6.45) is 3.76. The van der Waals surface area contributed by atoms with Gasteiger partial charge in [0.15, 0.2) is 5.82 Å². The number of pyridine rings is 1. The Labute approximate surface area is 171 Å². The molecule has 1 aliphatic heterocycles. The monoisotopic (exact) mass is 396 g/mol. The third-order valence-corrected chi connectivity index (χ3v) is 5.11. The van der Waals surface area contributed by atoms with E-state index < -0.39 is 0 Å². The summed E-state index contributed by atoms with van der Waals surface area (Å²) in [6.45, 7) is 3.39. The van der Waals surface area contributed by atoms with Crippen LogP contribution in [0.3, 0.4) is 0 Å². The van der Waals surface area contributed by atoms with E-state index in [9.17, 15) is 9.59 Å². The number of aromatic nitrogens is 3. The first-order chi connectivity index (χ1) is 13.9. The van der Waals surface area contributed by atoms with Gasteiger partial charge in [0.05, 0.1) is 0 Å². The summed E-state index contributed by atoms with van der Waals surface area (Å²) in [4.78, 5) is 41.1. The van der Waals surface area contributed by atoms with Gasteiger partial charge in [-0.15, -0.1) is 0 Å². The van der Waals surface area contributed by atoms with Crippen LogP contribution in [0.5, 0.6) is 0 Å². The number of carbonyl (C=O) groups excluding carboxylic acids is 2. The van der Waals surface area contributed by atoms with Crippen LogP contribution in [0.2, 0.25) is 0 Å². The fraction of sp³-hybridized carbons (Fsp3) is 0.476. The minimum absolute atomic E-state index is 0.0302. The van der Waals surface area contributed by atoms with E-state index in [4.69, 9.17) is 0 Å². The molecule has 0 saturated carbocycles. The highest BCUT2D eigenvalue weighted by atomic mass is 16.2. The Balaban J connectivity index is 1.59. The molecular weight excluding hydrogens is 368 g/mol. The molecule has 0 spiro atoms. The van der Waals surface area contributed by atoms with Crippen molar-refractivity contribution in [3.8, 4) is 11.5 Å². The maximum atomic E-state index is 12.5. The van der Waals surface area contributed by atoms with Crippen molar-refractivity contribution in [2.75, 3.05) is 38.6 Å². The normalized spacial score (nSPS) is 14.5. The second-order valence-electron chi connectivity index (χ2n) is 7.47. The van der Waals surface area contributed by atoms with E-state index in [1.54, 1.807) is 18.0 Å². The molecule has 0 aliphatic carbocycles. The molecule has 8 heteroatoms. The van der Waals surface area contributed by atoms with Crippen molar-refractivity contribution in [1.29, 1.82) is 0 Å². The molecule has 154 valence electrons. The zero-order valence-corrected chi connectivity index (χ0v) is 17.3. The summed E-state index contributed by atoms with van der Waals surface area (Å²) in [5, 5.41) is 3.02. The van der Waals surface area contributed by atoms with Crippen LogP contribution in [0, 0.1) is 5.92 Å². The first-order valence-electron chi connectivity index (χ1n) is 9.94. The molecule has 0 bridgehead atoms. The lowest BCUT2D eigenvalue weighted by Gasteiger charge is -2.30. The number of rotatable bonds is 6. The van der Waals surface area contributed by atoms with Gasteiger partial charge in [0.2, 0.25) is 11.8 Å². The fourth-order valence-corrected chi connectivity index (χ4v) is 3.36. The molecule has 8 nitrogen and oxygen atoms in total.